The molecule has 0 atom stereocenters. The average Bonchev–Trinajstić information content (AvgIpc) is 2.03. The molecular formula is C11H23NOS. The van der Waals surface area contributed by atoms with E-state index in [1.54, 1.807) is 0 Å². The van der Waals surface area contributed by atoms with Crippen LogP contribution in [-0.4, -0.2) is 28.0 Å². The molecule has 84 valence electrons. The van der Waals surface area contributed by atoms with Gasteiger partial charge in [-0.2, -0.15) is 0 Å². The summed E-state index contributed by atoms with van der Waals surface area (Å²) in [6, 6.07) is 0.605. The Labute approximate surface area is 92.4 Å². The van der Waals surface area contributed by atoms with Gasteiger partial charge in [0.25, 0.3) is 5.24 Å². The van der Waals surface area contributed by atoms with E-state index >= 15 is 0 Å². The van der Waals surface area contributed by atoms with E-state index in [1.165, 1.54) is 11.8 Å². The molecular weight excluding hydrogens is 194 g/mol. The topological polar surface area (TPSA) is 20.3 Å². The summed E-state index contributed by atoms with van der Waals surface area (Å²) in [4.78, 5) is 13.7. The standard InChI is InChI=1S/C11H23NOS/c1-6-7-8-14-11(13)12(9(2)3)10(4)5/h9-10H,6-8H2,1-5H3. The molecule has 1 amide bonds. The van der Waals surface area contributed by atoms with E-state index in [4.69, 9.17) is 0 Å². The van der Waals surface area contributed by atoms with Crippen LogP contribution < -0.4 is 0 Å². The van der Waals surface area contributed by atoms with Crippen molar-refractivity contribution in [1.82, 2.24) is 4.90 Å². The molecule has 0 unspecified atom stereocenters. The maximum atomic E-state index is 11.8. The molecule has 0 aromatic heterocycles. The monoisotopic (exact) mass is 217 g/mol. The molecule has 0 heterocycles. The number of thioether (sulfide) groups is 1. The molecule has 0 rings (SSSR count). The summed E-state index contributed by atoms with van der Waals surface area (Å²) in [6.07, 6.45) is 2.28. The van der Waals surface area contributed by atoms with E-state index in [0.29, 0.717) is 12.1 Å². The Morgan fingerprint density at radius 3 is 2.07 bits per heavy atom. The number of carbonyl (C=O) groups excluding carboxylic acids is 1. The third-order valence-corrected chi connectivity index (χ3v) is 3.00. The Balaban J connectivity index is 4.03. The molecule has 0 aliphatic carbocycles. The summed E-state index contributed by atoms with van der Waals surface area (Å²) in [5.74, 6) is 0.950. The lowest BCUT2D eigenvalue weighted by atomic mass is 10.2. The summed E-state index contributed by atoms with van der Waals surface area (Å²) < 4.78 is 0. The average molecular weight is 217 g/mol. The van der Waals surface area contributed by atoms with Crippen molar-refractivity contribution in [3.8, 4) is 0 Å². The minimum absolute atomic E-state index is 0.225. The Hall–Kier alpha value is -0.180. The van der Waals surface area contributed by atoms with Gasteiger partial charge in [0.2, 0.25) is 0 Å². The van der Waals surface area contributed by atoms with Crippen molar-refractivity contribution >= 4 is 17.0 Å². The molecule has 0 saturated carbocycles. The highest BCUT2D eigenvalue weighted by Crippen LogP contribution is 2.16. The number of rotatable bonds is 5. The highest BCUT2D eigenvalue weighted by atomic mass is 32.2. The Morgan fingerprint density at radius 2 is 1.71 bits per heavy atom. The van der Waals surface area contributed by atoms with Gasteiger partial charge in [-0.25, -0.2) is 0 Å². The maximum absolute atomic E-state index is 11.8. The smallest absolute Gasteiger partial charge is 0.282 e. The van der Waals surface area contributed by atoms with Crippen LogP contribution in [0.4, 0.5) is 4.79 Å². The van der Waals surface area contributed by atoms with Gasteiger partial charge < -0.3 is 4.90 Å². The number of carbonyl (C=O) groups is 1. The fourth-order valence-electron chi connectivity index (χ4n) is 1.40. The molecule has 3 heteroatoms. The number of amides is 1. The van der Waals surface area contributed by atoms with Crippen molar-refractivity contribution in [2.75, 3.05) is 5.75 Å². The van der Waals surface area contributed by atoms with Gasteiger partial charge in [-0.05, 0) is 34.1 Å². The van der Waals surface area contributed by atoms with Crippen LogP contribution in [0.2, 0.25) is 0 Å². The van der Waals surface area contributed by atoms with Gasteiger partial charge in [-0.1, -0.05) is 25.1 Å². The molecule has 2 nitrogen and oxygen atoms in total. The molecule has 0 N–H and O–H groups in total. The highest BCUT2D eigenvalue weighted by molar-refractivity contribution is 8.13. The fraction of sp³-hybridized carbons (Fsp3) is 0.909. The summed E-state index contributed by atoms with van der Waals surface area (Å²) in [5.41, 5.74) is 0. The van der Waals surface area contributed by atoms with E-state index in [-0.39, 0.29) is 5.24 Å². The van der Waals surface area contributed by atoms with E-state index in [1.807, 2.05) is 4.90 Å². The Bertz CT molecular complexity index is 161. The van der Waals surface area contributed by atoms with Crippen molar-refractivity contribution in [3.05, 3.63) is 0 Å². The van der Waals surface area contributed by atoms with Gasteiger partial charge >= 0.3 is 0 Å². The lowest BCUT2D eigenvalue weighted by Crippen LogP contribution is -2.39. The van der Waals surface area contributed by atoms with Crippen molar-refractivity contribution in [2.45, 2.75) is 59.5 Å². The summed E-state index contributed by atoms with van der Waals surface area (Å²) in [7, 11) is 0. The summed E-state index contributed by atoms with van der Waals surface area (Å²) in [5, 5.41) is 0.225. The van der Waals surface area contributed by atoms with Crippen LogP contribution >= 0.6 is 11.8 Å². The van der Waals surface area contributed by atoms with Crippen molar-refractivity contribution < 1.29 is 4.79 Å². The molecule has 0 aromatic carbocycles. The second-order valence-corrected chi connectivity index (χ2v) is 5.11. The normalized spacial score (nSPS) is 11.1. The maximum Gasteiger partial charge on any atom is 0.282 e. The van der Waals surface area contributed by atoms with Crippen LogP contribution in [0, 0.1) is 0 Å². The first-order valence-corrected chi connectivity index (χ1v) is 6.44. The highest BCUT2D eigenvalue weighted by Gasteiger charge is 2.19. The van der Waals surface area contributed by atoms with Gasteiger partial charge in [-0.15, -0.1) is 0 Å². The van der Waals surface area contributed by atoms with Gasteiger partial charge in [0.05, 0.1) is 0 Å². The molecule has 0 saturated heterocycles. The van der Waals surface area contributed by atoms with E-state index in [9.17, 15) is 4.79 Å². The lowest BCUT2D eigenvalue weighted by Gasteiger charge is -2.30. The van der Waals surface area contributed by atoms with Gasteiger partial charge in [0.15, 0.2) is 0 Å². The first kappa shape index (κ1) is 13.8. The quantitative estimate of drug-likeness (QED) is 0.654. The predicted molar refractivity (Wildman–Crippen MR) is 64.9 cm³/mol. The third-order valence-electron chi connectivity index (χ3n) is 2.05. The Morgan fingerprint density at radius 1 is 1.21 bits per heavy atom. The Kier molecular flexibility index (Phi) is 7.06. The van der Waals surface area contributed by atoms with Crippen LogP contribution in [0.25, 0.3) is 0 Å². The zero-order valence-electron chi connectivity index (χ0n) is 10.0. The van der Waals surface area contributed by atoms with Crippen molar-refractivity contribution in [2.24, 2.45) is 0 Å². The number of nitrogens with zero attached hydrogens (tertiary/aromatic N) is 1. The zero-order chi connectivity index (χ0) is 11.1. The minimum Gasteiger partial charge on any atom is -0.329 e. The fourth-order valence-corrected chi connectivity index (χ4v) is 2.57. The van der Waals surface area contributed by atoms with Crippen LogP contribution in [0.3, 0.4) is 0 Å². The zero-order valence-corrected chi connectivity index (χ0v) is 10.9. The summed E-state index contributed by atoms with van der Waals surface area (Å²) >= 11 is 1.45. The van der Waals surface area contributed by atoms with Crippen LogP contribution in [0.15, 0.2) is 0 Å². The first-order chi connectivity index (χ1) is 6.50. The molecule has 0 aliphatic rings. The predicted octanol–water partition coefficient (Wildman–Crippen LogP) is 3.76. The number of hydrogen-bond donors (Lipinski definition) is 0. The van der Waals surface area contributed by atoms with Gasteiger partial charge in [-0.3, -0.25) is 4.79 Å². The second-order valence-electron chi connectivity index (χ2n) is 4.06. The molecule has 0 radical (unpaired) electrons. The van der Waals surface area contributed by atoms with Crippen molar-refractivity contribution in [3.63, 3.8) is 0 Å². The summed E-state index contributed by atoms with van der Waals surface area (Å²) in [6.45, 7) is 10.4. The first-order valence-electron chi connectivity index (χ1n) is 5.45. The van der Waals surface area contributed by atoms with Gasteiger partial charge in [0.1, 0.15) is 0 Å². The van der Waals surface area contributed by atoms with Crippen molar-refractivity contribution in [1.29, 1.82) is 0 Å². The SMILES string of the molecule is CCCCSC(=O)N(C(C)C)C(C)C. The van der Waals surface area contributed by atoms with Gasteiger partial charge in [0, 0.05) is 17.8 Å². The van der Waals surface area contributed by atoms with Crippen LogP contribution in [-0.2, 0) is 0 Å². The molecule has 0 spiro atoms. The van der Waals surface area contributed by atoms with E-state index < -0.39 is 0 Å². The molecule has 0 aliphatic heterocycles. The van der Waals surface area contributed by atoms with E-state index in [0.717, 1.165) is 18.6 Å². The lowest BCUT2D eigenvalue weighted by molar-refractivity contribution is 0.190. The minimum atomic E-state index is 0.225. The molecule has 0 bridgehead atoms. The van der Waals surface area contributed by atoms with Crippen LogP contribution in [0.1, 0.15) is 47.5 Å². The number of unbranched alkanes of at least 4 members (excludes halogenated alkanes) is 1. The molecule has 0 fully saturated rings. The van der Waals surface area contributed by atoms with E-state index in [2.05, 4.69) is 34.6 Å². The molecule has 14 heavy (non-hydrogen) atoms. The number of hydrogen-bond acceptors (Lipinski definition) is 2. The molecule has 0 aromatic rings. The largest absolute Gasteiger partial charge is 0.329 e. The second kappa shape index (κ2) is 7.16. The third kappa shape index (κ3) is 4.89. The van der Waals surface area contributed by atoms with Crippen LogP contribution in [0.5, 0.6) is 0 Å².